The summed E-state index contributed by atoms with van der Waals surface area (Å²) in [6, 6.07) is 8.32. The normalized spacial score (nSPS) is 16.8. The highest BCUT2D eigenvalue weighted by Gasteiger charge is 2.17. The number of amides is 1. The first-order chi connectivity index (χ1) is 9.81. The summed E-state index contributed by atoms with van der Waals surface area (Å²) < 4.78 is 0. The van der Waals surface area contributed by atoms with Gasteiger partial charge in [0.15, 0.2) is 0 Å². The van der Waals surface area contributed by atoms with Gasteiger partial charge in [0.25, 0.3) is 0 Å². The smallest absolute Gasteiger partial charge is 0.221 e. The van der Waals surface area contributed by atoms with Gasteiger partial charge in [-0.05, 0) is 31.5 Å². The molecule has 122 valence electrons. The van der Waals surface area contributed by atoms with E-state index in [1.807, 2.05) is 24.3 Å². The van der Waals surface area contributed by atoms with E-state index in [0.29, 0.717) is 19.0 Å². The van der Waals surface area contributed by atoms with Crippen LogP contribution in [0.5, 0.6) is 0 Å². The van der Waals surface area contributed by atoms with Crippen molar-refractivity contribution in [3.63, 3.8) is 0 Å². The highest BCUT2D eigenvalue weighted by Crippen LogP contribution is 2.10. The Bertz CT molecular complexity index is 563. The van der Waals surface area contributed by atoms with Gasteiger partial charge in [-0.1, -0.05) is 12.1 Å². The molecule has 3 N–H and O–H groups in total. The van der Waals surface area contributed by atoms with Crippen LogP contribution in [-0.4, -0.2) is 35.0 Å². The summed E-state index contributed by atoms with van der Waals surface area (Å²) in [7, 11) is 0. The van der Waals surface area contributed by atoms with E-state index >= 15 is 0 Å². The van der Waals surface area contributed by atoms with Crippen molar-refractivity contribution in [2.45, 2.75) is 31.7 Å². The fourth-order valence-electron chi connectivity index (χ4n) is 2.67. The van der Waals surface area contributed by atoms with E-state index in [1.165, 1.54) is 6.42 Å². The molecule has 1 aromatic carbocycles. The molecule has 1 aliphatic rings. The van der Waals surface area contributed by atoms with E-state index in [2.05, 4.69) is 20.6 Å². The molecule has 1 saturated heterocycles. The van der Waals surface area contributed by atoms with Crippen LogP contribution in [0.3, 0.4) is 0 Å². The lowest BCUT2D eigenvalue weighted by atomic mass is 10.1. The van der Waals surface area contributed by atoms with Gasteiger partial charge >= 0.3 is 0 Å². The Balaban J connectivity index is 0.00000121. The second-order valence-corrected chi connectivity index (χ2v) is 5.30. The highest BCUT2D eigenvalue weighted by atomic mass is 35.5. The Kier molecular flexibility index (Phi) is 7.65. The molecule has 2 aromatic rings. The number of imidazole rings is 1. The van der Waals surface area contributed by atoms with Crippen LogP contribution in [0.25, 0.3) is 11.0 Å². The largest absolute Gasteiger partial charge is 0.356 e. The van der Waals surface area contributed by atoms with E-state index < -0.39 is 0 Å². The third-order valence-electron chi connectivity index (χ3n) is 3.72. The van der Waals surface area contributed by atoms with Gasteiger partial charge in [-0.25, -0.2) is 4.98 Å². The van der Waals surface area contributed by atoms with Crippen molar-refractivity contribution in [2.24, 2.45) is 0 Å². The number of H-pyrrole nitrogens is 1. The standard InChI is InChI=1S/C15H20N4O.2ClH/c20-15(10-11-4-3-8-16-11)17-9-7-14-18-12-5-1-2-6-13(12)19-14;;/h1-2,5-6,11,16H,3-4,7-10H2,(H,17,20)(H,18,19);2*1H. The molecule has 5 nitrogen and oxygen atoms in total. The van der Waals surface area contributed by atoms with Crippen molar-refractivity contribution in [1.82, 2.24) is 20.6 Å². The first-order valence-corrected chi connectivity index (χ1v) is 7.25. The number of para-hydroxylation sites is 2. The maximum absolute atomic E-state index is 11.8. The van der Waals surface area contributed by atoms with Gasteiger partial charge in [0.05, 0.1) is 11.0 Å². The fraction of sp³-hybridized carbons (Fsp3) is 0.467. The first kappa shape index (κ1) is 18.7. The number of nitrogens with one attached hydrogen (secondary N) is 3. The third kappa shape index (κ3) is 4.87. The number of aromatic amines is 1. The average molecular weight is 345 g/mol. The van der Waals surface area contributed by atoms with E-state index in [4.69, 9.17) is 0 Å². The van der Waals surface area contributed by atoms with Crippen molar-refractivity contribution in [3.8, 4) is 0 Å². The Morgan fingerprint density at radius 1 is 1.32 bits per heavy atom. The van der Waals surface area contributed by atoms with Crippen molar-refractivity contribution in [1.29, 1.82) is 0 Å². The maximum Gasteiger partial charge on any atom is 0.221 e. The van der Waals surface area contributed by atoms with Crippen LogP contribution in [0.2, 0.25) is 0 Å². The lowest BCUT2D eigenvalue weighted by Gasteiger charge is -2.09. The van der Waals surface area contributed by atoms with Crippen LogP contribution in [0.15, 0.2) is 24.3 Å². The van der Waals surface area contributed by atoms with Gasteiger partial charge in [-0.3, -0.25) is 4.79 Å². The molecule has 1 amide bonds. The van der Waals surface area contributed by atoms with Crippen LogP contribution >= 0.6 is 24.8 Å². The monoisotopic (exact) mass is 344 g/mol. The summed E-state index contributed by atoms with van der Waals surface area (Å²) in [4.78, 5) is 19.5. The van der Waals surface area contributed by atoms with Crippen LogP contribution < -0.4 is 10.6 Å². The molecule has 0 bridgehead atoms. The van der Waals surface area contributed by atoms with Crippen LogP contribution in [-0.2, 0) is 11.2 Å². The number of hydrogen-bond donors (Lipinski definition) is 3. The van der Waals surface area contributed by atoms with Crippen LogP contribution in [0.4, 0.5) is 0 Å². The Hall–Kier alpha value is -1.30. The lowest BCUT2D eigenvalue weighted by molar-refractivity contribution is -0.121. The van der Waals surface area contributed by atoms with E-state index in [0.717, 1.165) is 36.2 Å². The van der Waals surface area contributed by atoms with Gasteiger partial charge in [-0.15, -0.1) is 24.8 Å². The molecule has 1 aromatic heterocycles. The highest BCUT2D eigenvalue weighted by molar-refractivity contribution is 5.85. The second-order valence-electron chi connectivity index (χ2n) is 5.30. The molecule has 0 radical (unpaired) electrons. The Labute approximate surface area is 142 Å². The summed E-state index contributed by atoms with van der Waals surface area (Å²) in [6.45, 7) is 1.67. The van der Waals surface area contributed by atoms with Crippen molar-refractivity contribution >= 4 is 41.8 Å². The summed E-state index contributed by atoms with van der Waals surface area (Å²) in [5.74, 6) is 1.05. The number of hydrogen-bond acceptors (Lipinski definition) is 3. The molecule has 0 spiro atoms. The predicted octanol–water partition coefficient (Wildman–Crippen LogP) is 2.21. The molecule has 1 unspecified atom stereocenters. The minimum Gasteiger partial charge on any atom is -0.356 e. The first-order valence-electron chi connectivity index (χ1n) is 7.25. The second kappa shape index (κ2) is 8.98. The summed E-state index contributed by atoms with van der Waals surface area (Å²) in [5.41, 5.74) is 2.02. The molecule has 0 saturated carbocycles. The predicted molar refractivity (Wildman–Crippen MR) is 92.9 cm³/mol. The van der Waals surface area contributed by atoms with Crippen LogP contribution in [0, 0.1) is 0 Å². The zero-order chi connectivity index (χ0) is 13.8. The zero-order valence-corrected chi connectivity index (χ0v) is 13.9. The summed E-state index contributed by atoms with van der Waals surface area (Å²) >= 11 is 0. The quantitative estimate of drug-likeness (QED) is 0.778. The van der Waals surface area contributed by atoms with E-state index in [-0.39, 0.29) is 30.7 Å². The molecule has 22 heavy (non-hydrogen) atoms. The van der Waals surface area contributed by atoms with Gasteiger partial charge < -0.3 is 15.6 Å². The zero-order valence-electron chi connectivity index (χ0n) is 12.3. The minimum absolute atomic E-state index is 0. The number of fused-ring (bicyclic) bond motifs is 1. The Morgan fingerprint density at radius 3 is 2.86 bits per heavy atom. The molecule has 0 aliphatic carbocycles. The summed E-state index contributed by atoms with van der Waals surface area (Å²) in [6.07, 6.45) is 3.60. The SMILES string of the molecule is Cl.Cl.O=C(CC1CCCN1)NCCc1nc2ccccc2[nH]1. The van der Waals surface area contributed by atoms with Crippen molar-refractivity contribution in [2.75, 3.05) is 13.1 Å². The molecular weight excluding hydrogens is 323 g/mol. The van der Waals surface area contributed by atoms with Gasteiger partial charge in [-0.2, -0.15) is 0 Å². The number of aromatic nitrogens is 2. The molecule has 3 rings (SSSR count). The van der Waals surface area contributed by atoms with Crippen LogP contribution in [0.1, 0.15) is 25.1 Å². The summed E-state index contributed by atoms with van der Waals surface area (Å²) in [5, 5.41) is 6.30. The number of benzene rings is 1. The number of carbonyl (C=O) groups excluding carboxylic acids is 1. The van der Waals surface area contributed by atoms with E-state index in [1.54, 1.807) is 0 Å². The lowest BCUT2D eigenvalue weighted by Crippen LogP contribution is -2.32. The molecular formula is C15H22Cl2N4O. The molecule has 1 fully saturated rings. The topological polar surface area (TPSA) is 69.8 Å². The number of carbonyl (C=O) groups is 1. The van der Waals surface area contributed by atoms with E-state index in [9.17, 15) is 4.79 Å². The number of halogens is 2. The maximum atomic E-state index is 11.8. The molecule has 2 heterocycles. The van der Waals surface area contributed by atoms with Crippen molar-refractivity contribution < 1.29 is 4.79 Å². The molecule has 1 aliphatic heterocycles. The van der Waals surface area contributed by atoms with Gasteiger partial charge in [0, 0.05) is 25.4 Å². The number of nitrogens with zero attached hydrogens (tertiary/aromatic N) is 1. The van der Waals surface area contributed by atoms with Gasteiger partial charge in [0.2, 0.25) is 5.91 Å². The fourth-order valence-corrected chi connectivity index (χ4v) is 2.67. The number of rotatable bonds is 5. The average Bonchev–Trinajstić information content (AvgIpc) is 3.07. The van der Waals surface area contributed by atoms with Gasteiger partial charge in [0.1, 0.15) is 5.82 Å². The third-order valence-corrected chi connectivity index (χ3v) is 3.72. The molecule has 7 heteroatoms. The van der Waals surface area contributed by atoms with Crippen molar-refractivity contribution in [3.05, 3.63) is 30.1 Å². The Morgan fingerprint density at radius 2 is 2.14 bits per heavy atom. The molecule has 1 atom stereocenters. The minimum atomic E-state index is 0.